The fraction of sp³-hybridized carbons (Fsp3) is 0.767. The minimum absolute atomic E-state index is 0.126. The van der Waals surface area contributed by atoms with Crippen LogP contribution in [-0.4, -0.2) is 52.8 Å². The number of hydrogen-bond donors (Lipinski definition) is 3. The Morgan fingerprint density at radius 2 is 0.981 bits per heavy atom. The maximum atomic E-state index is 12.4. The summed E-state index contributed by atoms with van der Waals surface area (Å²) in [6, 6.07) is 0. The van der Waals surface area contributed by atoms with Crippen LogP contribution < -0.4 is 0 Å². The molecule has 0 saturated carbocycles. The standard InChI is InChI=1S/C43H77O9P/c1-40(2)34-30-26-22-18-14-10-7-8-11-15-19-23-27-31-35-42(45)50-38-41(39-51-53(47,48)49)52-43(46)36-32-28-24-20-16-12-6-4-3-5-9-13-17-21-25-29-33-37-44/h3,5-6,12-13,17,20,24,40-41,44H,4,7-11,14-16,18-19,21-23,25-39H2,1-2H3,(H2,47,48,49)/b5-3-,12-6-,17-13-,24-20-/t41-/m1/s1. The number of ether oxygens (including phenoxy) is 2. The van der Waals surface area contributed by atoms with Gasteiger partial charge in [-0.2, -0.15) is 0 Å². The summed E-state index contributed by atoms with van der Waals surface area (Å²) >= 11 is 0. The zero-order chi connectivity index (χ0) is 39.1. The van der Waals surface area contributed by atoms with Crippen molar-refractivity contribution in [1.29, 1.82) is 0 Å². The fourth-order valence-electron chi connectivity index (χ4n) is 5.71. The van der Waals surface area contributed by atoms with Crippen molar-refractivity contribution in [1.82, 2.24) is 0 Å². The van der Waals surface area contributed by atoms with Crippen molar-refractivity contribution in [2.24, 2.45) is 5.92 Å². The van der Waals surface area contributed by atoms with Crippen LogP contribution in [0.15, 0.2) is 48.6 Å². The van der Waals surface area contributed by atoms with Gasteiger partial charge in [0.05, 0.1) is 6.61 Å². The first-order chi connectivity index (χ1) is 25.6. The third-order valence-electron chi connectivity index (χ3n) is 8.83. The van der Waals surface area contributed by atoms with Crippen LogP contribution >= 0.6 is 7.82 Å². The molecule has 0 unspecified atom stereocenters. The molecule has 0 rings (SSSR count). The highest BCUT2D eigenvalue weighted by Gasteiger charge is 2.22. The Balaban J connectivity index is 4.00. The summed E-state index contributed by atoms with van der Waals surface area (Å²) in [6.07, 6.45) is 42.8. The lowest BCUT2D eigenvalue weighted by atomic mass is 10.0. The number of rotatable bonds is 38. The molecule has 0 amide bonds. The summed E-state index contributed by atoms with van der Waals surface area (Å²) in [6.45, 7) is 4.00. The molecule has 1 atom stereocenters. The number of esters is 2. The molecule has 53 heavy (non-hydrogen) atoms. The van der Waals surface area contributed by atoms with Gasteiger partial charge in [-0.05, 0) is 63.7 Å². The van der Waals surface area contributed by atoms with Crippen molar-refractivity contribution in [3.05, 3.63) is 48.6 Å². The molecule has 0 aliphatic heterocycles. The van der Waals surface area contributed by atoms with Crippen LogP contribution in [0.2, 0.25) is 0 Å². The number of aliphatic hydroxyl groups excluding tert-OH is 1. The Kier molecular flexibility index (Phi) is 36.8. The number of phosphoric ester groups is 1. The topological polar surface area (TPSA) is 140 Å². The Labute approximate surface area is 323 Å². The van der Waals surface area contributed by atoms with Gasteiger partial charge in [0.25, 0.3) is 0 Å². The summed E-state index contributed by atoms with van der Waals surface area (Å²) in [4.78, 5) is 42.8. The lowest BCUT2D eigenvalue weighted by Crippen LogP contribution is -2.29. The highest BCUT2D eigenvalue weighted by molar-refractivity contribution is 7.46. The average molecular weight is 769 g/mol. The predicted octanol–water partition coefficient (Wildman–Crippen LogP) is 11.6. The van der Waals surface area contributed by atoms with Crippen molar-refractivity contribution in [2.45, 2.75) is 187 Å². The van der Waals surface area contributed by atoms with Gasteiger partial charge in [-0.15, -0.1) is 0 Å². The van der Waals surface area contributed by atoms with Crippen LogP contribution in [0, 0.1) is 5.92 Å². The van der Waals surface area contributed by atoms with E-state index < -0.39 is 32.5 Å². The number of hydrogen-bond acceptors (Lipinski definition) is 7. The first kappa shape index (κ1) is 51.0. The first-order valence-corrected chi connectivity index (χ1v) is 22.4. The quantitative estimate of drug-likeness (QED) is 0.0242. The third kappa shape index (κ3) is 42.6. The van der Waals surface area contributed by atoms with E-state index >= 15 is 0 Å². The van der Waals surface area contributed by atoms with E-state index in [4.69, 9.17) is 24.4 Å². The molecule has 0 saturated heterocycles. The van der Waals surface area contributed by atoms with E-state index in [1.165, 1.54) is 77.0 Å². The second kappa shape index (κ2) is 38.3. The molecule has 0 aromatic rings. The largest absolute Gasteiger partial charge is 0.469 e. The van der Waals surface area contributed by atoms with Gasteiger partial charge in [0.1, 0.15) is 6.61 Å². The minimum atomic E-state index is -4.77. The van der Waals surface area contributed by atoms with Crippen molar-refractivity contribution in [3.8, 4) is 0 Å². The monoisotopic (exact) mass is 769 g/mol. The van der Waals surface area contributed by atoms with Crippen molar-refractivity contribution < 1.29 is 43.0 Å². The number of carbonyl (C=O) groups excluding carboxylic acids is 2. The molecule has 0 aromatic heterocycles. The second-order valence-electron chi connectivity index (χ2n) is 14.5. The number of aliphatic hydroxyl groups is 1. The Morgan fingerprint density at radius 3 is 1.47 bits per heavy atom. The van der Waals surface area contributed by atoms with E-state index in [9.17, 15) is 14.2 Å². The number of carbonyl (C=O) groups is 2. The van der Waals surface area contributed by atoms with E-state index in [0.717, 1.165) is 63.7 Å². The van der Waals surface area contributed by atoms with Crippen molar-refractivity contribution in [2.75, 3.05) is 19.8 Å². The van der Waals surface area contributed by atoms with Crippen LogP contribution in [0.3, 0.4) is 0 Å². The van der Waals surface area contributed by atoms with E-state index in [1.807, 2.05) is 12.2 Å². The summed E-state index contributed by atoms with van der Waals surface area (Å²) in [5.74, 6) is -0.135. The molecular weight excluding hydrogens is 691 g/mol. The summed E-state index contributed by atoms with van der Waals surface area (Å²) in [5, 5.41) is 8.77. The normalized spacial score (nSPS) is 13.0. The number of allylic oxidation sites excluding steroid dienone is 8. The highest BCUT2D eigenvalue weighted by Crippen LogP contribution is 2.36. The van der Waals surface area contributed by atoms with Gasteiger partial charge in [0, 0.05) is 19.4 Å². The Bertz CT molecular complexity index is 1020. The molecule has 0 aliphatic carbocycles. The number of phosphoric acid groups is 1. The van der Waals surface area contributed by atoms with Gasteiger partial charge in [-0.1, -0.05) is 159 Å². The number of unbranched alkanes of at least 4 members (excludes halogenated alkanes) is 17. The van der Waals surface area contributed by atoms with Gasteiger partial charge in [-0.25, -0.2) is 4.57 Å². The molecule has 0 fully saturated rings. The molecule has 0 aromatic carbocycles. The molecule has 0 heterocycles. The van der Waals surface area contributed by atoms with Crippen LogP contribution in [0.1, 0.15) is 181 Å². The zero-order valence-corrected chi connectivity index (χ0v) is 34.4. The SMILES string of the molecule is CC(C)CCCCCCCCCCCCCCCCC(=O)OC[C@H](COP(=O)(O)O)OC(=O)CCC/C=C\C/C=C\C/C=C\C/C=C\CCCCCO. The smallest absolute Gasteiger partial charge is 0.462 e. The molecule has 9 nitrogen and oxygen atoms in total. The molecule has 308 valence electrons. The van der Waals surface area contributed by atoms with Crippen LogP contribution in [0.25, 0.3) is 0 Å². The first-order valence-electron chi connectivity index (χ1n) is 20.9. The summed E-state index contributed by atoms with van der Waals surface area (Å²) in [5.41, 5.74) is 0. The fourth-order valence-corrected chi connectivity index (χ4v) is 6.07. The molecule has 0 aliphatic rings. The molecule has 0 bridgehead atoms. The van der Waals surface area contributed by atoms with Crippen molar-refractivity contribution >= 4 is 19.8 Å². The maximum Gasteiger partial charge on any atom is 0.469 e. The van der Waals surface area contributed by atoms with E-state index in [1.54, 1.807) is 0 Å². The maximum absolute atomic E-state index is 12.4. The van der Waals surface area contributed by atoms with Crippen LogP contribution in [0.4, 0.5) is 0 Å². The molecule has 0 spiro atoms. The van der Waals surface area contributed by atoms with Crippen molar-refractivity contribution in [3.63, 3.8) is 0 Å². The van der Waals surface area contributed by atoms with Gasteiger partial charge in [0.2, 0.25) is 0 Å². The van der Waals surface area contributed by atoms with E-state index in [2.05, 4.69) is 54.8 Å². The lowest BCUT2D eigenvalue weighted by molar-refractivity contribution is -0.161. The van der Waals surface area contributed by atoms with Gasteiger partial charge in [-0.3, -0.25) is 14.1 Å². The minimum Gasteiger partial charge on any atom is -0.462 e. The zero-order valence-electron chi connectivity index (χ0n) is 33.5. The van der Waals surface area contributed by atoms with Crippen LogP contribution in [0.5, 0.6) is 0 Å². The second-order valence-corrected chi connectivity index (χ2v) is 15.8. The van der Waals surface area contributed by atoms with Gasteiger partial charge in [0.15, 0.2) is 6.10 Å². The third-order valence-corrected chi connectivity index (χ3v) is 9.32. The summed E-state index contributed by atoms with van der Waals surface area (Å²) in [7, 11) is -4.77. The van der Waals surface area contributed by atoms with Crippen LogP contribution in [-0.2, 0) is 28.2 Å². The van der Waals surface area contributed by atoms with Gasteiger partial charge >= 0.3 is 19.8 Å². The van der Waals surface area contributed by atoms with E-state index in [0.29, 0.717) is 19.3 Å². The molecular formula is C43H77O9P. The van der Waals surface area contributed by atoms with Gasteiger partial charge < -0.3 is 24.4 Å². The molecule has 3 N–H and O–H groups in total. The lowest BCUT2D eigenvalue weighted by Gasteiger charge is -2.18. The highest BCUT2D eigenvalue weighted by atomic mass is 31.2. The molecule has 0 radical (unpaired) electrons. The van der Waals surface area contributed by atoms with E-state index in [-0.39, 0.29) is 26.1 Å². The molecule has 10 heteroatoms. The summed E-state index contributed by atoms with van der Waals surface area (Å²) < 4.78 is 26.3. The Hall–Kier alpha value is -2.03. The predicted molar refractivity (Wildman–Crippen MR) is 217 cm³/mol. The Morgan fingerprint density at radius 1 is 0.547 bits per heavy atom. The average Bonchev–Trinajstić information content (AvgIpc) is 3.11.